The van der Waals surface area contributed by atoms with Crippen LogP contribution in [-0.2, 0) is 17.1 Å². The van der Waals surface area contributed by atoms with E-state index in [1.807, 2.05) is 0 Å². The van der Waals surface area contributed by atoms with E-state index in [2.05, 4.69) is 5.32 Å². The topological polar surface area (TPSA) is 128 Å². The first-order chi connectivity index (χ1) is 12.7. The molecule has 9 nitrogen and oxygen atoms in total. The van der Waals surface area contributed by atoms with E-state index in [4.69, 9.17) is 10.2 Å². The molecule has 0 aromatic carbocycles. The lowest BCUT2D eigenvalue weighted by Crippen LogP contribution is -2.46. The standard InChI is InChI=1S/C17H22N4O5S/c1-11-3-4-15(26-11)17(23)19-12-5-7-21(8-6-12)27(24,25)13-9-14(16(18)22)20(2)10-13/h3-4,9-10,12H,5-8H2,1-2H3,(H2,18,22)(H,19,23). The van der Waals surface area contributed by atoms with Crippen molar-refractivity contribution in [1.82, 2.24) is 14.2 Å². The molecular weight excluding hydrogens is 372 g/mol. The lowest BCUT2D eigenvalue weighted by Gasteiger charge is -2.31. The van der Waals surface area contributed by atoms with E-state index < -0.39 is 15.9 Å². The molecule has 0 unspecified atom stereocenters. The highest BCUT2D eigenvalue weighted by atomic mass is 32.2. The van der Waals surface area contributed by atoms with Gasteiger partial charge in [-0.3, -0.25) is 9.59 Å². The summed E-state index contributed by atoms with van der Waals surface area (Å²) in [6.07, 6.45) is 2.35. The van der Waals surface area contributed by atoms with Crippen LogP contribution in [0.1, 0.15) is 39.6 Å². The Labute approximate surface area is 157 Å². The van der Waals surface area contributed by atoms with Crippen LogP contribution in [0.25, 0.3) is 0 Å². The average molecular weight is 394 g/mol. The lowest BCUT2D eigenvalue weighted by molar-refractivity contribution is 0.0893. The van der Waals surface area contributed by atoms with Gasteiger partial charge in [0, 0.05) is 32.4 Å². The predicted molar refractivity (Wildman–Crippen MR) is 96.6 cm³/mol. The number of hydrogen-bond acceptors (Lipinski definition) is 5. The first-order valence-corrected chi connectivity index (χ1v) is 9.96. The fourth-order valence-corrected chi connectivity index (χ4v) is 4.66. The molecule has 3 rings (SSSR count). The molecule has 2 aromatic rings. The van der Waals surface area contributed by atoms with Crippen LogP contribution in [0.2, 0.25) is 0 Å². The van der Waals surface area contributed by atoms with Crippen molar-refractivity contribution in [3.05, 3.63) is 41.6 Å². The number of carbonyl (C=O) groups is 2. The number of rotatable bonds is 5. The second kappa shape index (κ2) is 7.20. The molecule has 2 aromatic heterocycles. The van der Waals surface area contributed by atoms with Gasteiger partial charge in [0.05, 0.1) is 0 Å². The summed E-state index contributed by atoms with van der Waals surface area (Å²) in [4.78, 5) is 23.5. The summed E-state index contributed by atoms with van der Waals surface area (Å²) in [6.45, 7) is 2.30. The number of nitrogens with zero attached hydrogens (tertiary/aromatic N) is 2. The number of sulfonamides is 1. The molecule has 1 aliphatic heterocycles. The smallest absolute Gasteiger partial charge is 0.287 e. The number of amides is 2. The summed E-state index contributed by atoms with van der Waals surface area (Å²) in [7, 11) is -2.16. The molecule has 3 heterocycles. The maximum Gasteiger partial charge on any atom is 0.287 e. The number of nitrogens with one attached hydrogen (secondary N) is 1. The molecule has 1 saturated heterocycles. The van der Waals surface area contributed by atoms with Gasteiger partial charge in [-0.15, -0.1) is 0 Å². The van der Waals surface area contributed by atoms with Crippen molar-refractivity contribution in [3.8, 4) is 0 Å². The SMILES string of the molecule is Cc1ccc(C(=O)NC2CCN(S(=O)(=O)c3cc(C(N)=O)n(C)c3)CC2)o1. The molecule has 0 bridgehead atoms. The van der Waals surface area contributed by atoms with Crippen LogP contribution in [0.3, 0.4) is 0 Å². The normalized spacial score (nSPS) is 16.4. The highest BCUT2D eigenvalue weighted by Crippen LogP contribution is 2.22. The maximum atomic E-state index is 12.8. The van der Waals surface area contributed by atoms with Crippen LogP contribution in [0.5, 0.6) is 0 Å². The Morgan fingerprint density at radius 1 is 1.26 bits per heavy atom. The largest absolute Gasteiger partial charge is 0.456 e. The number of piperidine rings is 1. The van der Waals surface area contributed by atoms with Crippen LogP contribution >= 0.6 is 0 Å². The van der Waals surface area contributed by atoms with Gasteiger partial charge in [-0.25, -0.2) is 8.42 Å². The number of primary amides is 1. The minimum Gasteiger partial charge on any atom is -0.456 e. The van der Waals surface area contributed by atoms with E-state index in [0.717, 1.165) is 0 Å². The fraction of sp³-hybridized carbons (Fsp3) is 0.412. The molecule has 1 fully saturated rings. The third kappa shape index (κ3) is 3.91. The van der Waals surface area contributed by atoms with Crippen LogP contribution in [0.4, 0.5) is 0 Å². The second-order valence-corrected chi connectivity index (χ2v) is 8.54. The van der Waals surface area contributed by atoms with Crippen molar-refractivity contribution < 1.29 is 22.4 Å². The number of aromatic nitrogens is 1. The maximum absolute atomic E-state index is 12.8. The zero-order chi connectivity index (χ0) is 19.8. The molecular formula is C17H22N4O5S. The van der Waals surface area contributed by atoms with Crippen molar-refractivity contribution in [2.24, 2.45) is 12.8 Å². The zero-order valence-corrected chi connectivity index (χ0v) is 16.0. The molecule has 0 saturated carbocycles. The number of nitrogens with two attached hydrogens (primary N) is 1. The Morgan fingerprint density at radius 2 is 1.93 bits per heavy atom. The van der Waals surface area contributed by atoms with Gasteiger partial charge in [-0.2, -0.15) is 4.31 Å². The van der Waals surface area contributed by atoms with Gasteiger partial charge >= 0.3 is 0 Å². The van der Waals surface area contributed by atoms with E-state index in [-0.39, 0.29) is 41.4 Å². The summed E-state index contributed by atoms with van der Waals surface area (Å²) in [5, 5.41) is 2.87. The molecule has 146 valence electrons. The van der Waals surface area contributed by atoms with E-state index in [1.165, 1.54) is 21.1 Å². The van der Waals surface area contributed by atoms with Crippen molar-refractivity contribution in [2.45, 2.75) is 30.7 Å². The number of aryl methyl sites for hydroxylation is 2. The molecule has 1 aliphatic rings. The van der Waals surface area contributed by atoms with E-state index in [1.54, 1.807) is 26.1 Å². The Hall–Kier alpha value is -2.59. The van der Waals surface area contributed by atoms with Crippen LogP contribution < -0.4 is 11.1 Å². The Bertz CT molecular complexity index is 967. The third-order valence-electron chi connectivity index (χ3n) is 4.62. The number of carbonyl (C=O) groups excluding carboxylic acids is 2. The lowest BCUT2D eigenvalue weighted by atomic mass is 10.1. The quantitative estimate of drug-likeness (QED) is 0.768. The molecule has 27 heavy (non-hydrogen) atoms. The van der Waals surface area contributed by atoms with Crippen molar-refractivity contribution in [2.75, 3.05) is 13.1 Å². The first-order valence-electron chi connectivity index (χ1n) is 8.52. The van der Waals surface area contributed by atoms with Crippen molar-refractivity contribution in [1.29, 1.82) is 0 Å². The third-order valence-corrected chi connectivity index (χ3v) is 6.49. The first kappa shape index (κ1) is 19.2. The summed E-state index contributed by atoms with van der Waals surface area (Å²) in [6, 6.07) is 4.47. The van der Waals surface area contributed by atoms with Gasteiger partial charge in [0.1, 0.15) is 16.3 Å². The summed E-state index contributed by atoms with van der Waals surface area (Å²) in [5.74, 6) is -0.0998. The summed E-state index contributed by atoms with van der Waals surface area (Å²) < 4.78 is 33.6. The molecule has 0 aliphatic carbocycles. The highest BCUT2D eigenvalue weighted by Gasteiger charge is 2.31. The molecule has 10 heteroatoms. The van der Waals surface area contributed by atoms with Crippen LogP contribution in [0.15, 0.2) is 33.7 Å². The van der Waals surface area contributed by atoms with Gasteiger partial charge in [-0.1, -0.05) is 0 Å². The van der Waals surface area contributed by atoms with Crippen molar-refractivity contribution in [3.63, 3.8) is 0 Å². The number of hydrogen-bond donors (Lipinski definition) is 2. The Kier molecular flexibility index (Phi) is 5.11. The average Bonchev–Trinajstić information content (AvgIpc) is 3.21. The Morgan fingerprint density at radius 3 is 2.44 bits per heavy atom. The van der Waals surface area contributed by atoms with E-state index in [9.17, 15) is 18.0 Å². The minimum atomic E-state index is -3.72. The summed E-state index contributed by atoms with van der Waals surface area (Å²) in [5.41, 5.74) is 5.38. The van der Waals surface area contributed by atoms with E-state index in [0.29, 0.717) is 18.6 Å². The predicted octanol–water partition coefficient (Wildman–Crippen LogP) is 0.609. The number of furan rings is 1. The van der Waals surface area contributed by atoms with Gasteiger partial charge in [0.2, 0.25) is 10.0 Å². The zero-order valence-electron chi connectivity index (χ0n) is 15.1. The molecule has 0 atom stereocenters. The Balaban J connectivity index is 1.63. The fourth-order valence-electron chi connectivity index (χ4n) is 3.12. The molecule has 0 radical (unpaired) electrons. The van der Waals surface area contributed by atoms with Gasteiger partial charge < -0.3 is 20.0 Å². The van der Waals surface area contributed by atoms with Gasteiger partial charge in [-0.05, 0) is 38.0 Å². The van der Waals surface area contributed by atoms with Gasteiger partial charge in [0.15, 0.2) is 5.76 Å². The molecule has 0 spiro atoms. The molecule has 3 N–H and O–H groups in total. The van der Waals surface area contributed by atoms with Crippen LogP contribution in [0, 0.1) is 6.92 Å². The van der Waals surface area contributed by atoms with Crippen LogP contribution in [-0.4, -0.2) is 48.2 Å². The minimum absolute atomic E-state index is 0.0346. The van der Waals surface area contributed by atoms with Gasteiger partial charge in [0.25, 0.3) is 11.8 Å². The second-order valence-electron chi connectivity index (χ2n) is 6.60. The highest BCUT2D eigenvalue weighted by molar-refractivity contribution is 7.89. The van der Waals surface area contributed by atoms with Crippen molar-refractivity contribution >= 4 is 21.8 Å². The monoisotopic (exact) mass is 394 g/mol. The molecule has 2 amide bonds. The van der Waals surface area contributed by atoms with E-state index >= 15 is 0 Å². The summed E-state index contributed by atoms with van der Waals surface area (Å²) >= 11 is 0.